The van der Waals surface area contributed by atoms with E-state index in [1.54, 1.807) is 0 Å². The van der Waals surface area contributed by atoms with Gasteiger partial charge in [0.25, 0.3) is 5.91 Å². The van der Waals surface area contributed by atoms with E-state index in [2.05, 4.69) is 5.32 Å². The number of hydrogen-bond donors (Lipinski definition) is 1. The minimum atomic E-state index is -0.630. The maximum atomic E-state index is 12.3. The van der Waals surface area contributed by atoms with Crippen LogP contribution in [0.15, 0.2) is 30.3 Å². The van der Waals surface area contributed by atoms with Gasteiger partial charge in [0.1, 0.15) is 6.04 Å². The molecule has 22 heavy (non-hydrogen) atoms. The molecule has 1 N–H and O–H groups in total. The number of nitrogens with one attached hydrogen (secondary N) is 1. The number of hydrogen-bond acceptors (Lipinski definition) is 3. The molecule has 1 aliphatic rings. The zero-order valence-electron chi connectivity index (χ0n) is 12.9. The van der Waals surface area contributed by atoms with Crippen molar-refractivity contribution in [2.45, 2.75) is 45.2 Å². The van der Waals surface area contributed by atoms with Crippen LogP contribution in [0.1, 0.15) is 38.2 Å². The molecule has 1 fully saturated rings. The number of carbonyl (C=O) groups excluding carboxylic acids is 3. The van der Waals surface area contributed by atoms with E-state index in [0.717, 1.165) is 18.4 Å². The molecule has 2 amide bonds. The van der Waals surface area contributed by atoms with Gasteiger partial charge in [-0.2, -0.15) is 0 Å². The summed E-state index contributed by atoms with van der Waals surface area (Å²) in [4.78, 5) is 37.7. The van der Waals surface area contributed by atoms with E-state index in [0.29, 0.717) is 25.9 Å². The van der Waals surface area contributed by atoms with E-state index < -0.39 is 17.7 Å². The molecule has 0 bridgehead atoms. The van der Waals surface area contributed by atoms with Gasteiger partial charge >= 0.3 is 0 Å². The summed E-state index contributed by atoms with van der Waals surface area (Å²) in [5.41, 5.74) is 0.960. The van der Waals surface area contributed by atoms with Gasteiger partial charge in [-0.15, -0.1) is 0 Å². The van der Waals surface area contributed by atoms with Crippen LogP contribution in [0.3, 0.4) is 0 Å². The van der Waals surface area contributed by atoms with Gasteiger partial charge in [0, 0.05) is 19.5 Å². The molecule has 0 radical (unpaired) electrons. The molecule has 0 saturated carbocycles. The van der Waals surface area contributed by atoms with Crippen molar-refractivity contribution in [1.29, 1.82) is 0 Å². The Morgan fingerprint density at radius 1 is 1.27 bits per heavy atom. The van der Waals surface area contributed by atoms with Crippen molar-refractivity contribution in [3.05, 3.63) is 35.9 Å². The Bertz CT molecular complexity index is 542. The van der Waals surface area contributed by atoms with Crippen LogP contribution < -0.4 is 5.32 Å². The van der Waals surface area contributed by atoms with Gasteiger partial charge < -0.3 is 10.2 Å². The molecule has 2 rings (SSSR count). The van der Waals surface area contributed by atoms with Crippen molar-refractivity contribution in [1.82, 2.24) is 10.2 Å². The van der Waals surface area contributed by atoms with Gasteiger partial charge in [-0.1, -0.05) is 43.7 Å². The fourth-order valence-electron chi connectivity index (χ4n) is 2.60. The van der Waals surface area contributed by atoms with Gasteiger partial charge in [0.15, 0.2) is 0 Å². The van der Waals surface area contributed by atoms with Crippen LogP contribution in [-0.4, -0.2) is 35.1 Å². The van der Waals surface area contributed by atoms with Gasteiger partial charge in [0.2, 0.25) is 11.7 Å². The summed E-state index contributed by atoms with van der Waals surface area (Å²) in [5.74, 6) is -1.15. The van der Waals surface area contributed by atoms with Gasteiger partial charge in [-0.3, -0.25) is 14.4 Å². The monoisotopic (exact) mass is 302 g/mol. The van der Waals surface area contributed by atoms with E-state index in [-0.39, 0.29) is 5.91 Å². The highest BCUT2D eigenvalue weighted by Crippen LogP contribution is 2.22. The molecule has 1 aromatic carbocycles. The molecule has 1 aromatic rings. The van der Waals surface area contributed by atoms with Crippen molar-refractivity contribution < 1.29 is 14.4 Å². The number of unbranched alkanes of at least 4 members (excludes halogenated alkanes) is 1. The third-order valence-corrected chi connectivity index (χ3v) is 3.87. The fraction of sp³-hybridized carbons (Fsp3) is 0.471. The number of nitrogens with zero attached hydrogens (tertiary/aromatic N) is 1. The Morgan fingerprint density at radius 2 is 2.00 bits per heavy atom. The van der Waals surface area contributed by atoms with Crippen molar-refractivity contribution >= 4 is 17.6 Å². The van der Waals surface area contributed by atoms with E-state index in [9.17, 15) is 14.4 Å². The van der Waals surface area contributed by atoms with Crippen LogP contribution in [0.2, 0.25) is 0 Å². The van der Waals surface area contributed by atoms with Crippen LogP contribution >= 0.6 is 0 Å². The minimum absolute atomic E-state index is 0.0661. The lowest BCUT2D eigenvalue weighted by Gasteiger charge is -2.23. The third-order valence-electron chi connectivity index (χ3n) is 3.87. The van der Waals surface area contributed by atoms with Crippen LogP contribution in [0.25, 0.3) is 0 Å². The predicted molar refractivity (Wildman–Crippen MR) is 82.9 cm³/mol. The Kier molecular flexibility index (Phi) is 5.69. The summed E-state index contributed by atoms with van der Waals surface area (Å²) in [6.07, 6.45) is 2.55. The summed E-state index contributed by atoms with van der Waals surface area (Å²) in [7, 11) is 0. The second-order valence-electron chi connectivity index (χ2n) is 5.54. The average Bonchev–Trinajstić information content (AvgIpc) is 2.89. The second-order valence-corrected chi connectivity index (χ2v) is 5.54. The molecule has 1 heterocycles. The lowest BCUT2D eigenvalue weighted by molar-refractivity contribution is -0.143. The highest BCUT2D eigenvalue weighted by atomic mass is 16.2. The van der Waals surface area contributed by atoms with Crippen molar-refractivity contribution in [2.24, 2.45) is 0 Å². The van der Waals surface area contributed by atoms with Crippen molar-refractivity contribution in [3.63, 3.8) is 0 Å². The standard InChI is InChI=1S/C17H22N2O3/c1-2-3-11-18-17(22)16(21)14-9-10-15(20)19(14)12-13-7-5-4-6-8-13/h4-8,14H,2-3,9-12H2,1H3,(H,18,22)/t14-/m1/s1. The first-order valence-corrected chi connectivity index (χ1v) is 7.79. The molecule has 0 aromatic heterocycles. The number of ketones is 1. The van der Waals surface area contributed by atoms with Crippen molar-refractivity contribution in [2.75, 3.05) is 6.54 Å². The third kappa shape index (κ3) is 3.93. The van der Waals surface area contributed by atoms with Crippen LogP contribution in [-0.2, 0) is 20.9 Å². The number of benzene rings is 1. The number of carbonyl (C=O) groups is 3. The molecule has 0 spiro atoms. The van der Waals surface area contributed by atoms with Crippen LogP contribution in [0.4, 0.5) is 0 Å². The number of likely N-dealkylation sites (tertiary alicyclic amines) is 1. The SMILES string of the molecule is CCCCNC(=O)C(=O)[C@H]1CCC(=O)N1Cc1ccccc1. The normalized spacial score (nSPS) is 17.6. The lowest BCUT2D eigenvalue weighted by atomic mass is 10.1. The first kappa shape index (κ1) is 16.2. The van der Waals surface area contributed by atoms with Gasteiger partial charge in [-0.25, -0.2) is 0 Å². The van der Waals surface area contributed by atoms with E-state index in [1.165, 1.54) is 4.90 Å². The molecule has 5 heteroatoms. The molecule has 0 aliphatic carbocycles. The zero-order valence-corrected chi connectivity index (χ0v) is 12.9. The zero-order chi connectivity index (χ0) is 15.9. The van der Waals surface area contributed by atoms with Gasteiger partial charge in [-0.05, 0) is 18.4 Å². The van der Waals surface area contributed by atoms with E-state index in [4.69, 9.17) is 0 Å². The Labute approximate surface area is 130 Å². The van der Waals surface area contributed by atoms with Crippen LogP contribution in [0.5, 0.6) is 0 Å². The Morgan fingerprint density at radius 3 is 2.68 bits per heavy atom. The molecule has 118 valence electrons. The molecule has 1 saturated heterocycles. The van der Waals surface area contributed by atoms with Crippen LogP contribution in [0, 0.1) is 0 Å². The summed E-state index contributed by atoms with van der Waals surface area (Å²) >= 11 is 0. The lowest BCUT2D eigenvalue weighted by Crippen LogP contribution is -2.45. The maximum Gasteiger partial charge on any atom is 0.289 e. The first-order chi connectivity index (χ1) is 10.6. The van der Waals surface area contributed by atoms with E-state index in [1.807, 2.05) is 37.3 Å². The van der Waals surface area contributed by atoms with E-state index >= 15 is 0 Å². The largest absolute Gasteiger partial charge is 0.349 e. The number of amides is 2. The number of Topliss-reactive ketones (excluding diaryl/α,β-unsaturated/α-hetero) is 1. The maximum absolute atomic E-state index is 12.3. The molecular weight excluding hydrogens is 280 g/mol. The Hall–Kier alpha value is -2.17. The summed E-state index contributed by atoms with van der Waals surface area (Å²) < 4.78 is 0. The average molecular weight is 302 g/mol. The molecular formula is C17H22N2O3. The molecule has 0 unspecified atom stereocenters. The molecule has 1 atom stereocenters. The number of rotatable bonds is 7. The predicted octanol–water partition coefficient (Wildman–Crippen LogP) is 1.66. The summed E-state index contributed by atoms with van der Waals surface area (Å²) in [5, 5.41) is 2.63. The van der Waals surface area contributed by atoms with Crippen molar-refractivity contribution in [3.8, 4) is 0 Å². The second kappa shape index (κ2) is 7.73. The summed E-state index contributed by atoms with van der Waals surface area (Å²) in [6.45, 7) is 2.89. The minimum Gasteiger partial charge on any atom is -0.349 e. The highest BCUT2D eigenvalue weighted by Gasteiger charge is 2.38. The fourth-order valence-corrected chi connectivity index (χ4v) is 2.60. The quantitative estimate of drug-likeness (QED) is 0.615. The smallest absolute Gasteiger partial charge is 0.289 e. The van der Waals surface area contributed by atoms with Gasteiger partial charge in [0.05, 0.1) is 0 Å². The Balaban J connectivity index is 2.00. The molecule has 1 aliphatic heterocycles. The first-order valence-electron chi connectivity index (χ1n) is 7.79. The highest BCUT2D eigenvalue weighted by molar-refractivity contribution is 6.38. The topological polar surface area (TPSA) is 66.5 Å². The molecule has 5 nitrogen and oxygen atoms in total. The summed E-state index contributed by atoms with van der Waals surface area (Å²) in [6, 6.07) is 8.88.